The van der Waals surface area contributed by atoms with Crippen molar-refractivity contribution >= 4 is 11.4 Å². The van der Waals surface area contributed by atoms with E-state index in [1.165, 1.54) is 18.2 Å². The maximum atomic E-state index is 9.88. The summed E-state index contributed by atoms with van der Waals surface area (Å²) in [6.07, 6.45) is 0. The van der Waals surface area contributed by atoms with Crippen molar-refractivity contribution in [3.63, 3.8) is 0 Å². The van der Waals surface area contributed by atoms with Gasteiger partial charge in [0.2, 0.25) is 0 Å². The van der Waals surface area contributed by atoms with E-state index in [4.69, 9.17) is 0 Å². The molecule has 136 valence electrons. The van der Waals surface area contributed by atoms with Gasteiger partial charge in [0.05, 0.1) is 5.56 Å². The molecule has 3 N–H and O–H groups in total. The standard InChI is InChI=1S/C21H24N2O3/c1-20(2,3)15-6-8-17(14(12-15)10-11-21(4,5)26)22-23-18-9-7-16(24)13-19(18)25/h6-9,12-13,24-26H,1-5H3. The van der Waals surface area contributed by atoms with Crippen molar-refractivity contribution in [3.05, 3.63) is 47.5 Å². The van der Waals surface area contributed by atoms with E-state index in [0.717, 1.165) is 5.56 Å². The van der Waals surface area contributed by atoms with E-state index in [0.29, 0.717) is 11.3 Å². The van der Waals surface area contributed by atoms with Gasteiger partial charge in [-0.2, -0.15) is 0 Å². The third kappa shape index (κ3) is 5.33. The minimum absolute atomic E-state index is 0.0484. The first-order valence-electron chi connectivity index (χ1n) is 8.29. The normalized spacial score (nSPS) is 12.1. The zero-order valence-electron chi connectivity index (χ0n) is 15.7. The summed E-state index contributed by atoms with van der Waals surface area (Å²) in [7, 11) is 0. The number of benzene rings is 2. The third-order valence-electron chi connectivity index (χ3n) is 3.59. The summed E-state index contributed by atoms with van der Waals surface area (Å²) in [6.45, 7) is 9.54. The molecular weight excluding hydrogens is 328 g/mol. The molecule has 0 radical (unpaired) electrons. The zero-order chi connectivity index (χ0) is 19.5. The van der Waals surface area contributed by atoms with Crippen LogP contribution in [0.3, 0.4) is 0 Å². The van der Waals surface area contributed by atoms with Crippen LogP contribution in [-0.2, 0) is 5.41 Å². The van der Waals surface area contributed by atoms with Gasteiger partial charge in [0.25, 0.3) is 0 Å². The van der Waals surface area contributed by atoms with Crippen LogP contribution in [0, 0.1) is 11.8 Å². The van der Waals surface area contributed by atoms with Crippen LogP contribution in [0.25, 0.3) is 0 Å². The Kier molecular flexibility index (Phi) is 5.38. The van der Waals surface area contributed by atoms with E-state index in [9.17, 15) is 15.3 Å². The van der Waals surface area contributed by atoms with E-state index in [-0.39, 0.29) is 22.6 Å². The van der Waals surface area contributed by atoms with Crippen molar-refractivity contribution in [2.24, 2.45) is 10.2 Å². The second-order valence-electron chi connectivity index (χ2n) is 7.66. The Balaban J connectivity index is 2.49. The fraction of sp³-hybridized carbons (Fsp3) is 0.333. The largest absolute Gasteiger partial charge is 0.508 e. The average Bonchev–Trinajstić information content (AvgIpc) is 2.51. The number of phenolic OH excluding ortho intramolecular Hbond substituents is 2. The fourth-order valence-electron chi connectivity index (χ4n) is 2.11. The minimum Gasteiger partial charge on any atom is -0.508 e. The second-order valence-corrected chi connectivity index (χ2v) is 7.66. The van der Waals surface area contributed by atoms with E-state index in [1.54, 1.807) is 13.8 Å². The number of azo groups is 1. The lowest BCUT2D eigenvalue weighted by Gasteiger charge is -2.19. The van der Waals surface area contributed by atoms with Crippen LogP contribution in [0.4, 0.5) is 11.4 Å². The highest BCUT2D eigenvalue weighted by Gasteiger charge is 2.15. The molecule has 2 aromatic carbocycles. The molecule has 0 saturated carbocycles. The number of hydrogen-bond acceptors (Lipinski definition) is 5. The lowest BCUT2D eigenvalue weighted by atomic mass is 9.86. The lowest BCUT2D eigenvalue weighted by molar-refractivity contribution is 0.143. The number of rotatable bonds is 2. The van der Waals surface area contributed by atoms with Gasteiger partial charge in [-0.15, -0.1) is 10.2 Å². The highest BCUT2D eigenvalue weighted by molar-refractivity contribution is 5.59. The molecular formula is C21H24N2O3. The van der Waals surface area contributed by atoms with Crippen LogP contribution < -0.4 is 0 Å². The summed E-state index contributed by atoms with van der Waals surface area (Å²) < 4.78 is 0. The van der Waals surface area contributed by atoms with Gasteiger partial charge in [0.15, 0.2) is 0 Å². The SMILES string of the molecule is CC(C)(O)C#Cc1cc(C(C)(C)C)ccc1N=Nc1ccc(O)cc1O. The van der Waals surface area contributed by atoms with Crippen LogP contribution in [0.5, 0.6) is 11.5 Å². The van der Waals surface area contributed by atoms with Gasteiger partial charge in [0.1, 0.15) is 28.5 Å². The van der Waals surface area contributed by atoms with Gasteiger partial charge in [-0.05, 0) is 49.1 Å². The van der Waals surface area contributed by atoms with Crippen molar-refractivity contribution in [2.75, 3.05) is 0 Å². The van der Waals surface area contributed by atoms with Crippen LogP contribution in [-0.4, -0.2) is 20.9 Å². The maximum absolute atomic E-state index is 9.88. The zero-order valence-corrected chi connectivity index (χ0v) is 15.7. The number of phenols is 2. The predicted octanol–water partition coefficient (Wildman–Crippen LogP) is 4.93. The molecule has 26 heavy (non-hydrogen) atoms. The third-order valence-corrected chi connectivity index (χ3v) is 3.59. The molecule has 5 nitrogen and oxygen atoms in total. The van der Waals surface area contributed by atoms with Gasteiger partial charge >= 0.3 is 0 Å². The molecule has 0 unspecified atom stereocenters. The number of aromatic hydroxyl groups is 2. The van der Waals surface area contributed by atoms with E-state index in [2.05, 4.69) is 42.8 Å². The highest BCUT2D eigenvalue weighted by Crippen LogP contribution is 2.33. The van der Waals surface area contributed by atoms with Crippen molar-refractivity contribution in [1.29, 1.82) is 0 Å². The number of hydrogen-bond donors (Lipinski definition) is 3. The summed E-state index contributed by atoms with van der Waals surface area (Å²) in [5.41, 5.74) is 1.31. The molecule has 0 heterocycles. The van der Waals surface area contributed by atoms with Crippen molar-refractivity contribution in [2.45, 2.75) is 45.6 Å². The second kappa shape index (κ2) is 7.19. The molecule has 5 heteroatoms. The summed E-state index contributed by atoms with van der Waals surface area (Å²) in [5.74, 6) is 5.55. The van der Waals surface area contributed by atoms with Gasteiger partial charge in [-0.1, -0.05) is 38.7 Å². The first kappa shape index (κ1) is 19.5. The first-order chi connectivity index (χ1) is 12.0. The monoisotopic (exact) mass is 352 g/mol. The Bertz CT molecular complexity index is 892. The van der Waals surface area contributed by atoms with E-state index < -0.39 is 5.60 Å². The Morgan fingerprint density at radius 2 is 1.46 bits per heavy atom. The maximum Gasteiger partial charge on any atom is 0.146 e. The molecule has 0 bridgehead atoms. The van der Waals surface area contributed by atoms with E-state index >= 15 is 0 Å². The topological polar surface area (TPSA) is 85.4 Å². The van der Waals surface area contributed by atoms with Crippen LogP contribution >= 0.6 is 0 Å². The molecule has 0 aliphatic heterocycles. The Morgan fingerprint density at radius 1 is 0.846 bits per heavy atom. The molecule has 0 aliphatic rings. The lowest BCUT2D eigenvalue weighted by Crippen LogP contribution is -2.14. The van der Waals surface area contributed by atoms with Crippen LogP contribution in [0.15, 0.2) is 46.6 Å². The van der Waals surface area contributed by atoms with Gasteiger partial charge in [-0.25, -0.2) is 0 Å². The molecule has 0 aromatic heterocycles. The molecule has 0 saturated heterocycles. The van der Waals surface area contributed by atoms with Crippen molar-refractivity contribution < 1.29 is 15.3 Å². The number of nitrogens with zero attached hydrogens (tertiary/aromatic N) is 2. The highest BCUT2D eigenvalue weighted by atomic mass is 16.3. The van der Waals surface area contributed by atoms with Gasteiger partial charge < -0.3 is 15.3 Å². The molecule has 2 aromatic rings. The van der Waals surface area contributed by atoms with E-state index in [1.807, 2.05) is 18.2 Å². The summed E-state index contributed by atoms with van der Waals surface area (Å²) >= 11 is 0. The van der Waals surface area contributed by atoms with Crippen molar-refractivity contribution in [3.8, 4) is 23.3 Å². The Morgan fingerprint density at radius 3 is 2.04 bits per heavy atom. The average molecular weight is 352 g/mol. The minimum atomic E-state index is -1.12. The Labute approximate surface area is 154 Å². The van der Waals surface area contributed by atoms with Crippen LogP contribution in [0.2, 0.25) is 0 Å². The van der Waals surface area contributed by atoms with Gasteiger partial charge in [-0.3, -0.25) is 0 Å². The molecule has 2 rings (SSSR count). The van der Waals surface area contributed by atoms with Crippen molar-refractivity contribution in [1.82, 2.24) is 0 Å². The molecule has 0 amide bonds. The Hall–Kier alpha value is -2.84. The molecule has 0 spiro atoms. The molecule has 0 atom stereocenters. The summed E-state index contributed by atoms with van der Waals surface area (Å²) in [5, 5.41) is 37.3. The molecule has 0 fully saturated rings. The molecule has 0 aliphatic carbocycles. The van der Waals surface area contributed by atoms with Crippen LogP contribution in [0.1, 0.15) is 45.7 Å². The summed E-state index contributed by atoms with van der Waals surface area (Å²) in [6, 6.07) is 9.80. The first-order valence-corrected chi connectivity index (χ1v) is 8.29. The number of aliphatic hydroxyl groups is 1. The quantitative estimate of drug-likeness (QED) is 0.529. The smallest absolute Gasteiger partial charge is 0.146 e. The van der Waals surface area contributed by atoms with Gasteiger partial charge in [0, 0.05) is 6.07 Å². The summed E-state index contributed by atoms with van der Waals surface area (Å²) in [4.78, 5) is 0. The fourth-order valence-corrected chi connectivity index (χ4v) is 2.11. The predicted molar refractivity (Wildman–Crippen MR) is 102 cm³/mol.